The van der Waals surface area contributed by atoms with Gasteiger partial charge < -0.3 is 15.4 Å². The second-order valence-electron chi connectivity index (χ2n) is 7.43. The van der Waals surface area contributed by atoms with E-state index in [1.807, 2.05) is 20.8 Å². The van der Waals surface area contributed by atoms with Gasteiger partial charge in [-0.1, -0.05) is 39.8 Å². The molecule has 30 heavy (non-hydrogen) atoms. The molecule has 0 fully saturated rings. The maximum atomic E-state index is 13.3. The van der Waals surface area contributed by atoms with Crippen molar-refractivity contribution in [1.82, 2.24) is 9.55 Å². The number of unbranched alkanes of at least 4 members (excludes halogenated alkanes) is 1. The topological polar surface area (TPSA) is 110 Å². The van der Waals surface area contributed by atoms with E-state index in [1.54, 1.807) is 30.3 Å². The third kappa shape index (κ3) is 5.40. The average Bonchev–Trinajstić information content (AvgIpc) is 2.70. The largest absolute Gasteiger partial charge is 0.490 e. The average molecular weight is 415 g/mol. The third-order valence-corrected chi connectivity index (χ3v) is 4.48. The Labute approximate surface area is 176 Å². The summed E-state index contributed by atoms with van der Waals surface area (Å²) in [6, 6.07) is 6.62. The molecule has 1 amide bonds. The number of aromatic nitrogens is 2. The van der Waals surface area contributed by atoms with Gasteiger partial charge in [0.1, 0.15) is 18.2 Å². The van der Waals surface area contributed by atoms with E-state index in [1.165, 1.54) is 9.47 Å². The van der Waals surface area contributed by atoms with Gasteiger partial charge in [-0.25, -0.2) is 4.79 Å². The summed E-state index contributed by atoms with van der Waals surface area (Å²) in [7, 11) is 0. The summed E-state index contributed by atoms with van der Waals surface area (Å²) in [5, 5.41) is 0. The van der Waals surface area contributed by atoms with E-state index in [0.717, 1.165) is 12.8 Å². The smallest absolute Gasteiger partial charge is 0.330 e. The van der Waals surface area contributed by atoms with E-state index in [4.69, 9.17) is 10.5 Å². The molecule has 2 rings (SSSR count). The summed E-state index contributed by atoms with van der Waals surface area (Å²) in [5.74, 6) is 0.292. The zero-order valence-corrected chi connectivity index (χ0v) is 17.8. The number of nitrogens with two attached hydrogens (primary N) is 1. The van der Waals surface area contributed by atoms with Crippen molar-refractivity contribution in [1.29, 1.82) is 0 Å². The maximum Gasteiger partial charge on any atom is 0.330 e. The minimum atomic E-state index is -0.676. The molecule has 8 nitrogen and oxygen atoms in total. The van der Waals surface area contributed by atoms with Crippen LogP contribution in [0.4, 0.5) is 11.5 Å². The minimum Gasteiger partial charge on any atom is -0.490 e. The van der Waals surface area contributed by atoms with E-state index in [2.05, 4.69) is 11.6 Å². The summed E-state index contributed by atoms with van der Waals surface area (Å²) in [6.45, 7) is 10.5. The number of hydrogen-bond donors (Lipinski definition) is 2. The number of ether oxygens (including phenoxy) is 1. The highest BCUT2D eigenvalue weighted by Gasteiger charge is 2.26. The van der Waals surface area contributed by atoms with Crippen LogP contribution in [0.5, 0.6) is 5.75 Å². The van der Waals surface area contributed by atoms with Crippen molar-refractivity contribution in [2.75, 3.05) is 23.8 Å². The molecule has 0 unspecified atom stereocenters. The quantitative estimate of drug-likeness (QED) is 0.581. The van der Waals surface area contributed by atoms with Gasteiger partial charge in [-0.3, -0.25) is 19.1 Å². The highest BCUT2D eigenvalue weighted by Crippen LogP contribution is 2.22. The molecule has 0 aliphatic heterocycles. The van der Waals surface area contributed by atoms with E-state index in [-0.39, 0.29) is 29.9 Å². The highest BCUT2D eigenvalue weighted by molar-refractivity contribution is 6.07. The number of hydrogen-bond acceptors (Lipinski definition) is 5. The first-order valence-corrected chi connectivity index (χ1v) is 10.1. The Morgan fingerprint density at radius 3 is 2.53 bits per heavy atom. The molecule has 1 heterocycles. The van der Waals surface area contributed by atoms with Crippen LogP contribution < -0.4 is 26.6 Å². The summed E-state index contributed by atoms with van der Waals surface area (Å²) in [5.41, 5.74) is 5.35. The van der Waals surface area contributed by atoms with Crippen LogP contribution in [-0.2, 0) is 6.54 Å². The number of nitrogens with zero attached hydrogens (tertiary/aromatic N) is 2. The van der Waals surface area contributed by atoms with Gasteiger partial charge in [-0.15, -0.1) is 0 Å². The molecule has 0 bridgehead atoms. The number of rotatable bonds is 10. The van der Waals surface area contributed by atoms with Crippen LogP contribution in [0.25, 0.3) is 0 Å². The van der Waals surface area contributed by atoms with Crippen molar-refractivity contribution >= 4 is 17.4 Å². The molecule has 8 heteroatoms. The van der Waals surface area contributed by atoms with Crippen LogP contribution in [0.3, 0.4) is 0 Å². The standard InChI is InChI=1S/C22H30N4O4/c1-5-7-12-25-19(23)18(20(27)24-22(25)29)26(14-15(3)4)21(28)16-8-10-17(11-9-16)30-13-6-2/h6,8-11,15H,2,5,7,12-14,23H2,1,3-4H3,(H,24,27,29). The van der Waals surface area contributed by atoms with Crippen molar-refractivity contribution in [3.05, 3.63) is 63.3 Å². The third-order valence-electron chi connectivity index (χ3n) is 4.48. The number of carbonyl (C=O) groups is 1. The van der Waals surface area contributed by atoms with Gasteiger partial charge in [0.15, 0.2) is 5.69 Å². The zero-order valence-electron chi connectivity index (χ0n) is 17.8. The fraction of sp³-hybridized carbons (Fsp3) is 0.409. The molecule has 3 N–H and O–H groups in total. The molecule has 0 saturated heterocycles. The molecule has 162 valence electrons. The Morgan fingerprint density at radius 1 is 1.30 bits per heavy atom. The van der Waals surface area contributed by atoms with Crippen LogP contribution in [0.15, 0.2) is 46.5 Å². The fourth-order valence-corrected chi connectivity index (χ4v) is 3.02. The molecule has 2 aromatic rings. The molecule has 0 aliphatic rings. The molecule has 0 atom stereocenters. The first kappa shape index (κ1) is 23.0. The van der Waals surface area contributed by atoms with Crippen LogP contribution in [0.2, 0.25) is 0 Å². The first-order chi connectivity index (χ1) is 14.3. The lowest BCUT2D eigenvalue weighted by atomic mass is 10.1. The van der Waals surface area contributed by atoms with Gasteiger partial charge in [0, 0.05) is 18.7 Å². The maximum absolute atomic E-state index is 13.3. The number of anilines is 2. The molecule has 1 aromatic heterocycles. The van der Waals surface area contributed by atoms with Crippen LogP contribution in [0.1, 0.15) is 44.0 Å². The molecule has 0 saturated carbocycles. The Kier molecular flexibility index (Phi) is 8.03. The van der Waals surface area contributed by atoms with Crippen LogP contribution in [-0.4, -0.2) is 28.6 Å². The molecule has 0 spiro atoms. The van der Waals surface area contributed by atoms with Crippen molar-refractivity contribution < 1.29 is 9.53 Å². The van der Waals surface area contributed by atoms with Crippen molar-refractivity contribution in [2.24, 2.45) is 5.92 Å². The molecular formula is C22H30N4O4. The van der Waals surface area contributed by atoms with Crippen LogP contribution >= 0.6 is 0 Å². The number of aromatic amines is 1. The molecule has 0 aliphatic carbocycles. The number of carbonyl (C=O) groups excluding carboxylic acids is 1. The van der Waals surface area contributed by atoms with Crippen molar-refractivity contribution in [2.45, 2.75) is 40.2 Å². The highest BCUT2D eigenvalue weighted by atomic mass is 16.5. The predicted octanol–water partition coefficient (Wildman–Crippen LogP) is 2.79. The molecular weight excluding hydrogens is 384 g/mol. The van der Waals surface area contributed by atoms with Gasteiger partial charge in [-0.2, -0.15) is 0 Å². The molecule has 1 aromatic carbocycles. The molecule has 0 radical (unpaired) electrons. The van der Waals surface area contributed by atoms with Crippen molar-refractivity contribution in [3.8, 4) is 5.75 Å². The number of nitrogen functional groups attached to an aromatic ring is 1. The van der Waals surface area contributed by atoms with E-state index < -0.39 is 11.2 Å². The lowest BCUT2D eigenvalue weighted by Gasteiger charge is -2.26. The van der Waals surface area contributed by atoms with E-state index >= 15 is 0 Å². The van der Waals surface area contributed by atoms with Crippen molar-refractivity contribution in [3.63, 3.8) is 0 Å². The predicted molar refractivity (Wildman–Crippen MR) is 119 cm³/mol. The summed E-state index contributed by atoms with van der Waals surface area (Å²) in [6.07, 6.45) is 3.21. The lowest BCUT2D eigenvalue weighted by molar-refractivity contribution is 0.0983. The lowest BCUT2D eigenvalue weighted by Crippen LogP contribution is -2.42. The number of amides is 1. The number of H-pyrrole nitrogens is 1. The minimum absolute atomic E-state index is 0.00265. The number of nitrogens with one attached hydrogen (secondary N) is 1. The summed E-state index contributed by atoms with van der Waals surface area (Å²) >= 11 is 0. The van der Waals surface area contributed by atoms with E-state index in [9.17, 15) is 14.4 Å². The Morgan fingerprint density at radius 2 is 1.97 bits per heavy atom. The van der Waals surface area contributed by atoms with Gasteiger partial charge in [0.25, 0.3) is 11.5 Å². The normalized spacial score (nSPS) is 10.8. The summed E-state index contributed by atoms with van der Waals surface area (Å²) < 4.78 is 6.76. The monoisotopic (exact) mass is 414 g/mol. The first-order valence-electron chi connectivity index (χ1n) is 10.1. The SMILES string of the molecule is C=CCOc1ccc(C(=O)N(CC(C)C)c2c(N)n(CCCC)c(=O)[nH]c2=O)cc1. The summed E-state index contributed by atoms with van der Waals surface area (Å²) in [4.78, 5) is 41.8. The number of benzene rings is 1. The van der Waals surface area contributed by atoms with Gasteiger partial charge >= 0.3 is 5.69 Å². The van der Waals surface area contributed by atoms with Gasteiger partial charge in [-0.05, 0) is 36.6 Å². The zero-order chi connectivity index (χ0) is 22.3. The van der Waals surface area contributed by atoms with Gasteiger partial charge in [0.2, 0.25) is 0 Å². The van der Waals surface area contributed by atoms with E-state index in [0.29, 0.717) is 24.5 Å². The Balaban J connectivity index is 2.49. The van der Waals surface area contributed by atoms with Gasteiger partial charge in [0.05, 0.1) is 0 Å². The second kappa shape index (κ2) is 10.5. The Hall–Kier alpha value is -3.29. The van der Waals surface area contributed by atoms with Crippen LogP contribution in [0, 0.1) is 5.92 Å². The Bertz CT molecular complexity index is 990. The second-order valence-corrected chi connectivity index (χ2v) is 7.43. The fourth-order valence-electron chi connectivity index (χ4n) is 3.02.